The van der Waals surface area contributed by atoms with E-state index in [9.17, 15) is 18.0 Å². The first-order valence-electron chi connectivity index (χ1n) is 8.56. The van der Waals surface area contributed by atoms with E-state index in [0.29, 0.717) is 15.8 Å². The van der Waals surface area contributed by atoms with Gasteiger partial charge < -0.3 is 9.73 Å². The number of ketones is 1. The summed E-state index contributed by atoms with van der Waals surface area (Å²) in [6.45, 7) is 0. The predicted octanol–water partition coefficient (Wildman–Crippen LogP) is 4.38. The zero-order valence-electron chi connectivity index (χ0n) is 15.2. The number of nitrogens with one attached hydrogen (secondary N) is 1. The molecule has 0 bridgehead atoms. The molecule has 0 saturated heterocycles. The zero-order valence-corrected chi connectivity index (χ0v) is 16.8. The number of rotatable bonds is 5. The molecule has 0 fully saturated rings. The maximum Gasteiger partial charge on any atom is 0.255 e. The Morgan fingerprint density at radius 1 is 1.00 bits per heavy atom. The molecule has 0 saturated carbocycles. The van der Waals surface area contributed by atoms with E-state index in [0.717, 1.165) is 6.26 Å². The molecule has 0 radical (unpaired) electrons. The molecule has 0 aliphatic carbocycles. The van der Waals surface area contributed by atoms with Crippen molar-refractivity contribution in [2.24, 2.45) is 0 Å². The number of amides is 1. The monoisotopic (exact) mass is 425 g/mol. The molecule has 0 atom stereocenters. The second-order valence-electron chi connectivity index (χ2n) is 6.36. The van der Waals surface area contributed by atoms with Gasteiger partial charge in [0.25, 0.3) is 5.91 Å². The van der Waals surface area contributed by atoms with E-state index in [-0.39, 0.29) is 27.7 Å². The molecule has 1 amide bonds. The van der Waals surface area contributed by atoms with Gasteiger partial charge in [-0.15, -0.1) is 11.3 Å². The third-order valence-electron chi connectivity index (χ3n) is 4.31. The van der Waals surface area contributed by atoms with Crippen LogP contribution in [0.4, 0.5) is 5.69 Å². The van der Waals surface area contributed by atoms with Gasteiger partial charge in [-0.2, -0.15) is 0 Å². The van der Waals surface area contributed by atoms with E-state index in [1.165, 1.54) is 35.6 Å². The highest BCUT2D eigenvalue weighted by atomic mass is 32.2. The van der Waals surface area contributed by atoms with E-state index in [1.807, 2.05) is 0 Å². The molecule has 6 nitrogen and oxygen atoms in total. The minimum atomic E-state index is -3.46. The number of thiophene rings is 1. The minimum absolute atomic E-state index is 0.0290. The molecule has 0 aliphatic heterocycles. The van der Waals surface area contributed by atoms with Crippen molar-refractivity contribution in [3.05, 3.63) is 82.2 Å². The highest BCUT2D eigenvalue weighted by Gasteiger charge is 2.24. The van der Waals surface area contributed by atoms with Crippen molar-refractivity contribution in [2.45, 2.75) is 4.90 Å². The fourth-order valence-electron chi connectivity index (χ4n) is 2.90. The lowest BCUT2D eigenvalue weighted by atomic mass is 10.1. The van der Waals surface area contributed by atoms with Crippen LogP contribution < -0.4 is 5.32 Å². The largest absolute Gasteiger partial charge is 0.450 e. The molecule has 8 heteroatoms. The summed E-state index contributed by atoms with van der Waals surface area (Å²) in [6.07, 6.45) is 1.07. The van der Waals surface area contributed by atoms with Crippen LogP contribution in [0.25, 0.3) is 11.0 Å². The second kappa shape index (κ2) is 7.31. The van der Waals surface area contributed by atoms with Crippen molar-refractivity contribution in [3.8, 4) is 0 Å². The lowest BCUT2D eigenvalue weighted by Crippen LogP contribution is -2.14. The summed E-state index contributed by atoms with van der Waals surface area (Å²) in [5.74, 6) is -0.847. The van der Waals surface area contributed by atoms with Gasteiger partial charge in [-0.05, 0) is 41.8 Å². The Kier molecular flexibility index (Phi) is 4.81. The van der Waals surface area contributed by atoms with Crippen LogP contribution >= 0.6 is 11.3 Å². The SMILES string of the molecule is CS(=O)(=O)c1cccc(C(=O)Nc2c(C(=O)c3cccs3)oc3ccccc23)c1. The fraction of sp³-hybridized carbons (Fsp3) is 0.0476. The van der Waals surface area contributed by atoms with E-state index in [4.69, 9.17) is 4.42 Å². The summed E-state index contributed by atoms with van der Waals surface area (Å²) >= 11 is 1.28. The molecule has 29 heavy (non-hydrogen) atoms. The molecule has 2 heterocycles. The molecule has 2 aromatic heterocycles. The van der Waals surface area contributed by atoms with E-state index in [2.05, 4.69) is 5.32 Å². The Hall–Kier alpha value is -3.23. The molecule has 1 N–H and O–H groups in total. The molecule has 0 aliphatic rings. The third-order valence-corrected chi connectivity index (χ3v) is 6.29. The van der Waals surface area contributed by atoms with Gasteiger partial charge in [-0.1, -0.05) is 24.3 Å². The zero-order chi connectivity index (χ0) is 20.6. The van der Waals surface area contributed by atoms with Crippen LogP contribution in [0.3, 0.4) is 0 Å². The maximum absolute atomic E-state index is 12.9. The first-order valence-corrected chi connectivity index (χ1v) is 11.3. The van der Waals surface area contributed by atoms with Crippen molar-refractivity contribution in [3.63, 3.8) is 0 Å². The number of carbonyl (C=O) groups is 2. The normalized spacial score (nSPS) is 11.5. The number of para-hydroxylation sites is 1. The van der Waals surface area contributed by atoms with Gasteiger partial charge in [0.2, 0.25) is 5.78 Å². The summed E-state index contributed by atoms with van der Waals surface area (Å²) in [5, 5.41) is 5.09. The van der Waals surface area contributed by atoms with Crippen LogP contribution in [0.15, 0.2) is 75.4 Å². The summed E-state index contributed by atoms with van der Waals surface area (Å²) in [6, 6.07) is 16.2. The van der Waals surface area contributed by atoms with E-state index >= 15 is 0 Å². The number of carbonyl (C=O) groups excluding carboxylic acids is 2. The van der Waals surface area contributed by atoms with Crippen LogP contribution in [-0.2, 0) is 9.84 Å². The number of hydrogen-bond donors (Lipinski definition) is 1. The van der Waals surface area contributed by atoms with Crippen LogP contribution in [0.2, 0.25) is 0 Å². The second-order valence-corrected chi connectivity index (χ2v) is 9.33. The molecule has 146 valence electrons. The minimum Gasteiger partial charge on any atom is -0.450 e. The molecule has 0 unspecified atom stereocenters. The molecule has 4 rings (SSSR count). The smallest absolute Gasteiger partial charge is 0.255 e. The lowest BCUT2D eigenvalue weighted by Gasteiger charge is -2.07. The number of hydrogen-bond acceptors (Lipinski definition) is 6. The van der Waals surface area contributed by atoms with Gasteiger partial charge in [0.1, 0.15) is 5.58 Å². The number of furan rings is 1. The van der Waals surface area contributed by atoms with Gasteiger partial charge in [0, 0.05) is 17.2 Å². The average Bonchev–Trinajstić information content (AvgIpc) is 3.36. The maximum atomic E-state index is 12.9. The Bertz CT molecular complexity index is 1330. The predicted molar refractivity (Wildman–Crippen MR) is 111 cm³/mol. The summed E-state index contributed by atoms with van der Waals surface area (Å²) in [5.41, 5.74) is 0.883. The van der Waals surface area contributed by atoms with Crippen molar-refractivity contribution in [1.82, 2.24) is 0 Å². The molecular formula is C21H15NO5S2. The number of fused-ring (bicyclic) bond motifs is 1. The van der Waals surface area contributed by atoms with Gasteiger partial charge >= 0.3 is 0 Å². The number of anilines is 1. The highest BCUT2D eigenvalue weighted by molar-refractivity contribution is 7.90. The summed E-state index contributed by atoms with van der Waals surface area (Å²) < 4.78 is 29.3. The first kappa shape index (κ1) is 19.1. The fourth-order valence-corrected chi connectivity index (χ4v) is 4.23. The molecule has 0 spiro atoms. The van der Waals surface area contributed by atoms with Crippen LogP contribution in [0.1, 0.15) is 25.8 Å². The van der Waals surface area contributed by atoms with Gasteiger partial charge in [-0.25, -0.2) is 8.42 Å². The number of benzene rings is 2. The van der Waals surface area contributed by atoms with Crippen molar-refractivity contribution in [1.29, 1.82) is 0 Å². The number of sulfone groups is 1. The van der Waals surface area contributed by atoms with Crippen molar-refractivity contribution < 1.29 is 22.4 Å². The average molecular weight is 425 g/mol. The van der Waals surface area contributed by atoms with Gasteiger partial charge in [-0.3, -0.25) is 9.59 Å². The molecule has 2 aromatic carbocycles. The lowest BCUT2D eigenvalue weighted by molar-refractivity contribution is 0.102. The summed E-state index contributed by atoms with van der Waals surface area (Å²) in [4.78, 5) is 26.3. The van der Waals surface area contributed by atoms with Crippen LogP contribution in [-0.4, -0.2) is 26.4 Å². The van der Waals surface area contributed by atoms with Crippen LogP contribution in [0.5, 0.6) is 0 Å². The van der Waals surface area contributed by atoms with Gasteiger partial charge in [0.15, 0.2) is 15.6 Å². The Morgan fingerprint density at radius 3 is 2.52 bits per heavy atom. The van der Waals surface area contributed by atoms with Crippen LogP contribution in [0, 0.1) is 0 Å². The van der Waals surface area contributed by atoms with Gasteiger partial charge in [0.05, 0.1) is 15.5 Å². The Balaban J connectivity index is 1.77. The van der Waals surface area contributed by atoms with Crippen molar-refractivity contribution >= 4 is 49.5 Å². The highest BCUT2D eigenvalue weighted by Crippen LogP contribution is 2.33. The molecular weight excluding hydrogens is 410 g/mol. The third kappa shape index (κ3) is 3.72. The Morgan fingerprint density at radius 2 is 1.79 bits per heavy atom. The quantitative estimate of drug-likeness (QED) is 0.479. The molecule has 4 aromatic rings. The first-order chi connectivity index (χ1) is 13.8. The standard InChI is InChI=1S/C21H15NO5S2/c1-29(25,26)14-7-4-6-13(12-14)21(24)22-18-15-8-2-3-9-16(15)27-20(18)19(23)17-10-5-11-28-17/h2-12H,1H3,(H,22,24). The van der Waals surface area contributed by atoms with E-state index in [1.54, 1.807) is 41.8 Å². The Labute approximate surface area is 170 Å². The summed E-state index contributed by atoms with van der Waals surface area (Å²) in [7, 11) is -3.46. The topological polar surface area (TPSA) is 93.5 Å². The van der Waals surface area contributed by atoms with Crippen molar-refractivity contribution in [2.75, 3.05) is 11.6 Å². The van der Waals surface area contributed by atoms with E-state index < -0.39 is 15.7 Å².